The summed E-state index contributed by atoms with van der Waals surface area (Å²) in [5.74, 6) is 2.48. The largest absolute Gasteiger partial charge is 0.368 e. The molecular formula is C15H21NO. The van der Waals surface area contributed by atoms with Gasteiger partial charge in [-0.2, -0.15) is 0 Å². The minimum atomic E-state index is 0.103. The number of hydrogen-bond donors (Lipinski definition) is 1. The van der Waals surface area contributed by atoms with Crippen molar-refractivity contribution in [3.05, 3.63) is 35.9 Å². The highest BCUT2D eigenvalue weighted by Gasteiger charge is 2.17. The molecule has 0 saturated carbocycles. The summed E-state index contributed by atoms with van der Waals surface area (Å²) in [6.45, 7) is 7.20. The maximum Gasteiger partial charge on any atom is 0.107 e. The first-order chi connectivity index (χ1) is 8.14. The van der Waals surface area contributed by atoms with E-state index in [0.29, 0.717) is 13.2 Å². The fraction of sp³-hybridized carbons (Fsp3) is 0.467. The van der Waals surface area contributed by atoms with E-state index in [1.54, 1.807) is 0 Å². The molecule has 0 saturated heterocycles. The van der Waals surface area contributed by atoms with Gasteiger partial charge < -0.3 is 10.1 Å². The number of rotatable bonds is 7. The lowest BCUT2D eigenvalue weighted by molar-refractivity contribution is 0.0832. The zero-order valence-electron chi connectivity index (χ0n) is 10.7. The van der Waals surface area contributed by atoms with E-state index in [9.17, 15) is 0 Å². The van der Waals surface area contributed by atoms with Crippen molar-refractivity contribution in [2.75, 3.05) is 19.8 Å². The van der Waals surface area contributed by atoms with Crippen molar-refractivity contribution in [3.63, 3.8) is 0 Å². The van der Waals surface area contributed by atoms with Crippen molar-refractivity contribution in [3.8, 4) is 12.3 Å². The maximum atomic E-state index is 5.37. The standard InChI is InChI=1S/C15H21NO/c1-4-10-17-13-15(2,3)12-16-11-14-8-6-5-7-9-14/h1,5-9,16H,10-13H2,2-3H3. The molecule has 0 aliphatic carbocycles. The van der Waals surface area contributed by atoms with Crippen LogP contribution in [0.4, 0.5) is 0 Å². The molecule has 0 atom stereocenters. The Balaban J connectivity index is 2.23. The van der Waals surface area contributed by atoms with Crippen molar-refractivity contribution in [1.29, 1.82) is 0 Å². The third-order valence-electron chi connectivity index (χ3n) is 2.45. The van der Waals surface area contributed by atoms with Crippen molar-refractivity contribution in [2.24, 2.45) is 5.41 Å². The average molecular weight is 231 g/mol. The minimum Gasteiger partial charge on any atom is -0.368 e. The van der Waals surface area contributed by atoms with Gasteiger partial charge in [0.15, 0.2) is 0 Å². The molecule has 0 fully saturated rings. The van der Waals surface area contributed by atoms with Crippen LogP contribution in [0, 0.1) is 17.8 Å². The van der Waals surface area contributed by atoms with E-state index in [0.717, 1.165) is 13.1 Å². The van der Waals surface area contributed by atoms with Crippen LogP contribution in [0.15, 0.2) is 30.3 Å². The highest BCUT2D eigenvalue weighted by Crippen LogP contribution is 2.14. The van der Waals surface area contributed by atoms with Crippen LogP contribution >= 0.6 is 0 Å². The molecule has 0 aliphatic heterocycles. The Labute approximate surface area is 104 Å². The lowest BCUT2D eigenvalue weighted by Gasteiger charge is -2.24. The van der Waals surface area contributed by atoms with Crippen molar-refractivity contribution >= 4 is 0 Å². The Morgan fingerprint density at radius 1 is 1.29 bits per heavy atom. The number of ether oxygens (including phenoxy) is 1. The molecule has 0 heterocycles. The normalized spacial score (nSPS) is 11.1. The molecule has 0 unspecified atom stereocenters. The van der Waals surface area contributed by atoms with Crippen LogP contribution < -0.4 is 5.32 Å². The Kier molecular flexibility index (Phi) is 5.76. The van der Waals surface area contributed by atoms with Crippen LogP contribution in [0.1, 0.15) is 19.4 Å². The molecule has 17 heavy (non-hydrogen) atoms. The Morgan fingerprint density at radius 3 is 2.65 bits per heavy atom. The van der Waals surface area contributed by atoms with Crippen molar-refractivity contribution in [2.45, 2.75) is 20.4 Å². The monoisotopic (exact) mass is 231 g/mol. The van der Waals surface area contributed by atoms with Gasteiger partial charge >= 0.3 is 0 Å². The molecule has 1 N–H and O–H groups in total. The Hall–Kier alpha value is -1.30. The van der Waals surface area contributed by atoms with Crippen LogP contribution in [0.5, 0.6) is 0 Å². The van der Waals surface area contributed by atoms with Gasteiger partial charge in [-0.15, -0.1) is 6.42 Å². The second kappa shape index (κ2) is 7.11. The molecule has 1 aromatic rings. The fourth-order valence-corrected chi connectivity index (χ4v) is 1.58. The topological polar surface area (TPSA) is 21.3 Å². The number of nitrogens with one attached hydrogen (secondary N) is 1. The lowest BCUT2D eigenvalue weighted by Crippen LogP contribution is -2.33. The molecule has 0 aliphatic rings. The van der Waals surface area contributed by atoms with E-state index in [2.05, 4.69) is 49.4 Å². The summed E-state index contributed by atoms with van der Waals surface area (Å²) in [5, 5.41) is 3.44. The van der Waals surface area contributed by atoms with Crippen LogP contribution in [-0.4, -0.2) is 19.8 Å². The third-order valence-corrected chi connectivity index (χ3v) is 2.45. The third kappa shape index (κ3) is 6.11. The smallest absolute Gasteiger partial charge is 0.107 e. The first-order valence-electron chi connectivity index (χ1n) is 5.90. The molecule has 92 valence electrons. The van der Waals surface area contributed by atoms with Crippen LogP contribution in [-0.2, 0) is 11.3 Å². The quantitative estimate of drug-likeness (QED) is 0.575. The minimum absolute atomic E-state index is 0.103. The van der Waals surface area contributed by atoms with Gasteiger partial charge in [-0.05, 0) is 5.56 Å². The van der Waals surface area contributed by atoms with Gasteiger partial charge in [-0.3, -0.25) is 0 Å². The second-order valence-electron chi connectivity index (χ2n) is 4.95. The van der Waals surface area contributed by atoms with Crippen LogP contribution in [0.25, 0.3) is 0 Å². The maximum absolute atomic E-state index is 5.37. The van der Waals surface area contributed by atoms with Gasteiger partial charge in [-0.25, -0.2) is 0 Å². The predicted octanol–water partition coefficient (Wildman–Crippen LogP) is 2.45. The Morgan fingerprint density at radius 2 is 2.00 bits per heavy atom. The summed E-state index contributed by atoms with van der Waals surface area (Å²) >= 11 is 0. The molecule has 0 spiro atoms. The molecule has 0 radical (unpaired) electrons. The Bertz CT molecular complexity index is 351. The van der Waals surface area contributed by atoms with Crippen LogP contribution in [0.3, 0.4) is 0 Å². The SMILES string of the molecule is C#CCOCC(C)(C)CNCc1ccccc1. The molecule has 0 aromatic heterocycles. The number of benzene rings is 1. The van der Waals surface area contributed by atoms with Gasteiger partial charge in [0.1, 0.15) is 6.61 Å². The van der Waals surface area contributed by atoms with E-state index in [1.165, 1.54) is 5.56 Å². The predicted molar refractivity (Wildman–Crippen MR) is 71.6 cm³/mol. The van der Waals surface area contributed by atoms with Gasteiger partial charge in [0.2, 0.25) is 0 Å². The highest BCUT2D eigenvalue weighted by molar-refractivity contribution is 5.14. The summed E-state index contributed by atoms with van der Waals surface area (Å²) < 4.78 is 5.37. The van der Waals surface area contributed by atoms with Gasteiger partial charge in [-0.1, -0.05) is 50.1 Å². The van der Waals surface area contributed by atoms with Crippen LogP contribution in [0.2, 0.25) is 0 Å². The highest BCUT2D eigenvalue weighted by atomic mass is 16.5. The summed E-state index contributed by atoms with van der Waals surface area (Å²) in [6, 6.07) is 10.4. The molecule has 0 bridgehead atoms. The average Bonchev–Trinajstić information content (AvgIpc) is 2.30. The second-order valence-corrected chi connectivity index (χ2v) is 4.95. The summed E-state index contributed by atoms with van der Waals surface area (Å²) in [4.78, 5) is 0. The fourth-order valence-electron chi connectivity index (χ4n) is 1.58. The van der Waals surface area contributed by atoms with Crippen molar-refractivity contribution < 1.29 is 4.74 Å². The van der Waals surface area contributed by atoms with E-state index in [-0.39, 0.29) is 5.41 Å². The lowest BCUT2D eigenvalue weighted by atomic mass is 9.95. The first kappa shape index (κ1) is 13.8. The zero-order valence-corrected chi connectivity index (χ0v) is 10.7. The van der Waals surface area contributed by atoms with E-state index < -0.39 is 0 Å². The van der Waals surface area contributed by atoms with E-state index >= 15 is 0 Å². The summed E-state index contributed by atoms with van der Waals surface area (Å²) in [7, 11) is 0. The molecule has 1 rings (SSSR count). The summed E-state index contributed by atoms with van der Waals surface area (Å²) in [5.41, 5.74) is 1.40. The number of terminal acetylenes is 1. The van der Waals surface area contributed by atoms with Crippen molar-refractivity contribution in [1.82, 2.24) is 5.32 Å². The molecular weight excluding hydrogens is 210 g/mol. The van der Waals surface area contributed by atoms with Gasteiger partial charge in [0.05, 0.1) is 6.61 Å². The van der Waals surface area contributed by atoms with E-state index in [1.807, 2.05) is 6.07 Å². The summed E-state index contributed by atoms with van der Waals surface area (Å²) in [6.07, 6.45) is 5.14. The number of hydrogen-bond acceptors (Lipinski definition) is 2. The van der Waals surface area contributed by atoms with Gasteiger partial charge in [0.25, 0.3) is 0 Å². The first-order valence-corrected chi connectivity index (χ1v) is 5.90. The zero-order chi connectivity index (χ0) is 12.6. The molecule has 1 aromatic carbocycles. The molecule has 0 amide bonds. The molecule has 2 heteroatoms. The molecule has 2 nitrogen and oxygen atoms in total. The van der Waals surface area contributed by atoms with Gasteiger partial charge in [0, 0.05) is 18.5 Å². The van der Waals surface area contributed by atoms with E-state index in [4.69, 9.17) is 11.2 Å².